The fourth-order valence-corrected chi connectivity index (χ4v) is 10.4. The molecule has 2 bridgehead atoms. The normalized spacial score (nSPS) is 34.8. The Hall–Kier alpha value is -4.29. The summed E-state index contributed by atoms with van der Waals surface area (Å²) in [6.45, 7) is 13.1. The van der Waals surface area contributed by atoms with Crippen LogP contribution in [-0.2, 0) is 76.0 Å². The molecular formula is C67H112N2O26. The summed E-state index contributed by atoms with van der Waals surface area (Å²) in [7, 11) is 1.10. The summed E-state index contributed by atoms with van der Waals surface area (Å²) < 4.78 is 72.8. The van der Waals surface area contributed by atoms with Crippen molar-refractivity contribution in [3.63, 3.8) is 0 Å². The van der Waals surface area contributed by atoms with Crippen molar-refractivity contribution >= 4 is 17.8 Å². The number of hydrogen-bond donors (Lipinski definition) is 12. The van der Waals surface area contributed by atoms with Gasteiger partial charge in [-0.05, 0) is 33.1 Å². The monoisotopic (exact) mass is 1360 g/mol. The van der Waals surface area contributed by atoms with E-state index in [0.29, 0.717) is 92.4 Å². The molecule has 0 saturated carbocycles. The lowest BCUT2D eigenvalue weighted by atomic mass is 9.82. The number of nitrogens with one attached hydrogen (secondary N) is 1. The second kappa shape index (κ2) is 50.1. The van der Waals surface area contributed by atoms with Crippen molar-refractivity contribution in [2.24, 2.45) is 23.5 Å². The van der Waals surface area contributed by atoms with Crippen LogP contribution in [-0.4, -0.2) is 286 Å². The molecule has 0 aromatic rings. The van der Waals surface area contributed by atoms with Crippen LogP contribution in [0.4, 0.5) is 0 Å². The highest BCUT2D eigenvalue weighted by molar-refractivity contribution is 5.76. The third kappa shape index (κ3) is 36.4. The van der Waals surface area contributed by atoms with E-state index in [4.69, 9.17) is 67.3 Å². The van der Waals surface area contributed by atoms with Crippen LogP contribution >= 0.6 is 0 Å². The number of fused-ring (bicyclic) bond motifs is 2. The maximum Gasteiger partial charge on any atom is 0.313 e. The minimum Gasteiger partial charge on any atom is -0.469 e. The highest BCUT2D eigenvalue weighted by Crippen LogP contribution is 2.39. The van der Waals surface area contributed by atoms with Gasteiger partial charge >= 0.3 is 11.9 Å². The van der Waals surface area contributed by atoms with Crippen LogP contribution in [0.2, 0.25) is 0 Å². The molecule has 2 fully saturated rings. The summed E-state index contributed by atoms with van der Waals surface area (Å²) in [6, 6.07) is -1.31. The molecule has 0 spiro atoms. The van der Waals surface area contributed by atoms with Crippen molar-refractivity contribution < 1.29 is 127 Å². The maximum absolute atomic E-state index is 13.4. The molecule has 19 atom stereocenters. The molecule has 28 nitrogen and oxygen atoms in total. The van der Waals surface area contributed by atoms with Gasteiger partial charge in [-0.25, -0.2) is 0 Å². The summed E-state index contributed by atoms with van der Waals surface area (Å²) in [5.74, 6) is -6.78. The van der Waals surface area contributed by atoms with Gasteiger partial charge in [0, 0.05) is 50.5 Å². The van der Waals surface area contributed by atoms with E-state index >= 15 is 0 Å². The number of allylic oxidation sites excluding steroid dienone is 12. The van der Waals surface area contributed by atoms with Gasteiger partial charge in [0.25, 0.3) is 0 Å². The number of cyclic esters (lactones) is 1. The number of carbonyl (C=O) groups excluding carboxylic acids is 3. The Morgan fingerprint density at radius 2 is 1.03 bits per heavy atom. The first-order valence-corrected chi connectivity index (χ1v) is 33.0. The zero-order chi connectivity index (χ0) is 69.8. The van der Waals surface area contributed by atoms with Crippen LogP contribution in [0.5, 0.6) is 0 Å². The van der Waals surface area contributed by atoms with E-state index in [2.05, 4.69) is 5.32 Å². The molecule has 0 aromatic carbocycles. The Bertz CT molecular complexity index is 2270. The zero-order valence-electron chi connectivity index (χ0n) is 55.9. The zero-order valence-corrected chi connectivity index (χ0v) is 55.9. The van der Waals surface area contributed by atoms with Crippen molar-refractivity contribution in [1.82, 2.24) is 5.32 Å². The first-order valence-electron chi connectivity index (χ1n) is 33.0. The van der Waals surface area contributed by atoms with Crippen molar-refractivity contribution in [3.8, 4) is 0 Å². The molecule has 0 aliphatic carbocycles. The predicted octanol–water partition coefficient (Wildman–Crippen LogP) is 0.439. The molecule has 0 aromatic heterocycles. The molecule has 0 radical (unpaired) electrons. The van der Waals surface area contributed by atoms with E-state index in [1.807, 2.05) is 13.0 Å². The molecule has 3 rings (SSSR count). The van der Waals surface area contributed by atoms with Gasteiger partial charge in [-0.2, -0.15) is 0 Å². The Kier molecular flexibility index (Phi) is 44.8. The SMILES string of the molecule is COC(=O)[C@H]1[C@@H]2C[C@@H](O[C@@H]3O[C@H](C)[C@@H](O)[C@H](NC(=O)CCOCCOCCOCCOCCOCCOCCOCCOCCN)[C@@H]3O)/C=C/C=C/C=C/C=C/C=C/C=C/C=C/[C@H](C)[C@@H](O)[C@@H](C)[C@H](C)OC(=O)C[C@H](O)C[C@H](O)CC[C@@H](O)[C@H](O)C[C@H](O)C[C@](O)(C[C@@H]1O)O2. The molecule has 3 aliphatic heterocycles. The maximum atomic E-state index is 13.4. The van der Waals surface area contributed by atoms with Crippen LogP contribution < -0.4 is 11.1 Å². The van der Waals surface area contributed by atoms with Crippen molar-refractivity contribution in [2.75, 3.05) is 119 Å². The lowest BCUT2D eigenvalue weighted by molar-refractivity contribution is -0.309. The molecule has 3 aliphatic rings. The number of aliphatic hydroxyl groups is 10. The Morgan fingerprint density at radius 1 is 0.547 bits per heavy atom. The minimum absolute atomic E-state index is 0.0166. The third-order valence-electron chi connectivity index (χ3n) is 15.8. The summed E-state index contributed by atoms with van der Waals surface area (Å²) in [5, 5.41) is 114. The van der Waals surface area contributed by atoms with Gasteiger partial charge in [0.1, 0.15) is 24.2 Å². The number of amides is 1. The highest BCUT2D eigenvalue weighted by atomic mass is 16.7. The molecular weight excluding hydrogens is 1250 g/mol. The van der Waals surface area contributed by atoms with Crippen molar-refractivity contribution in [3.05, 3.63) is 85.1 Å². The Balaban J connectivity index is 1.64. The van der Waals surface area contributed by atoms with Gasteiger partial charge < -0.3 is 124 Å². The lowest BCUT2D eigenvalue weighted by Crippen LogP contribution is -2.64. The lowest BCUT2D eigenvalue weighted by Gasteiger charge is -2.45. The second-order valence-electron chi connectivity index (χ2n) is 23.7. The smallest absolute Gasteiger partial charge is 0.313 e. The molecule has 28 heteroatoms. The van der Waals surface area contributed by atoms with Gasteiger partial charge in [0.2, 0.25) is 5.91 Å². The average molecular weight is 1360 g/mol. The summed E-state index contributed by atoms with van der Waals surface area (Å²) in [6.07, 6.45) is 2.40. The van der Waals surface area contributed by atoms with Crippen LogP contribution in [0.15, 0.2) is 85.1 Å². The molecule has 2 saturated heterocycles. The van der Waals surface area contributed by atoms with Gasteiger partial charge in [0.05, 0.1) is 186 Å². The number of carbonyl (C=O) groups is 3. The number of esters is 2. The summed E-state index contributed by atoms with van der Waals surface area (Å²) in [5.41, 5.74) is 5.36. The van der Waals surface area contributed by atoms with E-state index in [-0.39, 0.29) is 57.8 Å². The number of methoxy groups -OCH3 is 1. The third-order valence-corrected chi connectivity index (χ3v) is 15.8. The fraction of sp³-hybridized carbons (Fsp3) is 0.746. The van der Waals surface area contributed by atoms with E-state index in [9.17, 15) is 65.4 Å². The molecule has 546 valence electrons. The first-order chi connectivity index (χ1) is 45.6. The summed E-state index contributed by atoms with van der Waals surface area (Å²) >= 11 is 0. The Morgan fingerprint density at radius 3 is 1.54 bits per heavy atom. The highest BCUT2D eigenvalue weighted by Gasteiger charge is 2.52. The quantitative estimate of drug-likeness (QED) is 0.0343. The molecule has 13 N–H and O–H groups in total. The number of rotatable bonds is 30. The number of aliphatic hydroxyl groups excluding tert-OH is 9. The summed E-state index contributed by atoms with van der Waals surface area (Å²) in [4.78, 5) is 39.4. The van der Waals surface area contributed by atoms with Crippen LogP contribution in [0.3, 0.4) is 0 Å². The largest absolute Gasteiger partial charge is 0.469 e. The van der Waals surface area contributed by atoms with Gasteiger partial charge in [0.15, 0.2) is 12.1 Å². The van der Waals surface area contributed by atoms with Gasteiger partial charge in [-0.15, -0.1) is 0 Å². The van der Waals surface area contributed by atoms with Gasteiger partial charge in [-0.1, -0.05) is 98.9 Å². The number of ether oxygens (including phenoxy) is 13. The second-order valence-corrected chi connectivity index (χ2v) is 23.7. The fourth-order valence-electron chi connectivity index (χ4n) is 10.4. The molecule has 3 heterocycles. The molecule has 0 unspecified atom stereocenters. The van der Waals surface area contributed by atoms with Gasteiger partial charge in [-0.3, -0.25) is 14.4 Å². The minimum atomic E-state index is -2.35. The molecule has 95 heavy (non-hydrogen) atoms. The number of nitrogens with two attached hydrogens (primary N) is 1. The first kappa shape index (κ1) is 84.9. The average Bonchev–Trinajstić information content (AvgIpc) is 0.791. The van der Waals surface area contributed by atoms with E-state index in [0.717, 1.165) is 7.11 Å². The van der Waals surface area contributed by atoms with E-state index in [1.54, 1.807) is 86.8 Å². The van der Waals surface area contributed by atoms with E-state index < -0.39 is 153 Å². The predicted molar refractivity (Wildman–Crippen MR) is 346 cm³/mol. The molecule has 1 amide bonds. The van der Waals surface area contributed by atoms with Crippen LogP contribution in [0.25, 0.3) is 0 Å². The number of hydrogen-bond acceptors (Lipinski definition) is 27. The van der Waals surface area contributed by atoms with Crippen LogP contribution in [0, 0.1) is 17.8 Å². The van der Waals surface area contributed by atoms with Crippen LogP contribution in [0.1, 0.15) is 85.5 Å². The van der Waals surface area contributed by atoms with Crippen molar-refractivity contribution in [1.29, 1.82) is 0 Å². The van der Waals surface area contributed by atoms with Crippen molar-refractivity contribution in [2.45, 2.75) is 183 Å². The standard InChI is InChI=1S/C67H112N2O26/c1-46-18-16-14-12-10-8-6-7-9-11-13-15-17-19-53(43-57-60(65(81)83-5)56(75)45-67(82,95-57)44-52(72)41-55(74)54(73)21-20-50(70)40-51(71)42-59(77)92-48(3)47(2)62(46)78)94-66-64(80)61(63(79)49(4)93-66)69-58(76)22-24-84-26-28-86-30-32-88-34-36-90-38-39-91-37-35-89-33-31-87-29-27-85-25-23-68/h6-19,46-57,60-64,66,70-75,78-80,82H,20-45,68H2,1-5H3,(H,69,76)/b7-6+,10-8+,11-9+,14-12+,15-13+,18-16+,19-17+/t46-,47-,48-,49+,50+,51+,52-,53-,54+,55+,56-,57-,60+,61-,62+,63+,64-,66-,67+/m0/s1. The van der Waals surface area contributed by atoms with E-state index in [1.165, 1.54) is 13.0 Å². The Labute approximate surface area is 559 Å². The topological polar surface area (TPSA) is 412 Å².